The molecule has 0 unspecified atom stereocenters. The van der Waals surface area contributed by atoms with E-state index >= 15 is 0 Å². The van der Waals surface area contributed by atoms with Crippen molar-refractivity contribution in [1.29, 1.82) is 0 Å². The Morgan fingerprint density at radius 2 is 1.96 bits per heavy atom. The molecule has 4 heteroatoms. The molecule has 0 aliphatic heterocycles. The van der Waals surface area contributed by atoms with Crippen molar-refractivity contribution in [3.05, 3.63) is 65.9 Å². The van der Waals surface area contributed by atoms with Gasteiger partial charge in [-0.1, -0.05) is 6.08 Å². The van der Waals surface area contributed by atoms with Crippen molar-refractivity contribution in [3.63, 3.8) is 0 Å². The quantitative estimate of drug-likeness (QED) is 0.676. The van der Waals surface area contributed by atoms with Gasteiger partial charge >= 0.3 is 0 Å². The average molecular weight is 317 g/mol. The van der Waals surface area contributed by atoms with E-state index in [9.17, 15) is 5.11 Å². The second-order valence-electron chi connectivity index (χ2n) is 6.12. The number of H-pyrrole nitrogens is 1. The molecule has 2 N–H and O–H groups in total. The summed E-state index contributed by atoms with van der Waals surface area (Å²) in [4.78, 5) is 4.93. The fourth-order valence-corrected chi connectivity index (χ4v) is 3.12. The molecule has 120 valence electrons. The monoisotopic (exact) mass is 317 g/mol. The standard InChI is InChI=1S/C20H19N3O/c24-18-10-7-15(8-11-18)20(14-4-2-1-3-5-14)22-17-9-6-16-13-21-23-19(16)12-17/h4,6-13,24H,1-3,5H2,(H,21,23)/b22-20+. The van der Waals surface area contributed by atoms with Gasteiger partial charge in [0.2, 0.25) is 0 Å². The summed E-state index contributed by atoms with van der Waals surface area (Å²) in [5.41, 5.74) is 5.20. The molecular formula is C20H19N3O. The van der Waals surface area contributed by atoms with E-state index in [4.69, 9.17) is 4.99 Å². The first-order valence-corrected chi connectivity index (χ1v) is 8.30. The average Bonchev–Trinajstić information content (AvgIpc) is 3.09. The van der Waals surface area contributed by atoms with Crippen LogP contribution in [0.4, 0.5) is 5.69 Å². The second-order valence-corrected chi connectivity index (χ2v) is 6.12. The van der Waals surface area contributed by atoms with Crippen LogP contribution >= 0.6 is 0 Å². The highest BCUT2D eigenvalue weighted by molar-refractivity contribution is 6.14. The molecule has 1 aromatic heterocycles. The van der Waals surface area contributed by atoms with Crippen LogP contribution in [0, 0.1) is 0 Å². The molecule has 24 heavy (non-hydrogen) atoms. The Bertz CT molecular complexity index is 919. The summed E-state index contributed by atoms with van der Waals surface area (Å²) in [5.74, 6) is 0.273. The zero-order chi connectivity index (χ0) is 16.4. The van der Waals surface area contributed by atoms with Gasteiger partial charge in [0, 0.05) is 10.9 Å². The number of aromatic hydroxyl groups is 1. The van der Waals surface area contributed by atoms with E-state index in [-0.39, 0.29) is 5.75 Å². The van der Waals surface area contributed by atoms with E-state index in [0.29, 0.717) is 0 Å². The largest absolute Gasteiger partial charge is 0.508 e. The predicted molar refractivity (Wildman–Crippen MR) is 96.9 cm³/mol. The first kappa shape index (κ1) is 14.7. The number of aromatic nitrogens is 2. The first-order chi connectivity index (χ1) is 11.8. The van der Waals surface area contributed by atoms with Crippen LogP contribution in [0.25, 0.3) is 10.9 Å². The molecule has 0 saturated carbocycles. The molecule has 0 bridgehead atoms. The number of hydrogen-bond donors (Lipinski definition) is 2. The SMILES string of the molecule is Oc1ccc(/C(=N/c2ccc3cn[nH]c3c2)C2=CCCCC2)cc1. The Morgan fingerprint density at radius 3 is 2.75 bits per heavy atom. The molecule has 1 heterocycles. The molecule has 3 aromatic rings. The van der Waals surface area contributed by atoms with Gasteiger partial charge in [0.05, 0.1) is 23.1 Å². The van der Waals surface area contributed by atoms with Crippen molar-refractivity contribution in [3.8, 4) is 5.75 Å². The number of phenols is 1. The third kappa shape index (κ3) is 2.95. The van der Waals surface area contributed by atoms with Crippen LogP contribution in [0.5, 0.6) is 5.75 Å². The van der Waals surface area contributed by atoms with E-state index in [1.54, 1.807) is 12.1 Å². The second kappa shape index (κ2) is 6.32. The molecule has 0 spiro atoms. The number of hydrogen-bond acceptors (Lipinski definition) is 3. The predicted octanol–water partition coefficient (Wildman–Crippen LogP) is 4.89. The summed E-state index contributed by atoms with van der Waals surface area (Å²) in [7, 11) is 0. The van der Waals surface area contributed by atoms with E-state index in [1.165, 1.54) is 18.4 Å². The van der Waals surface area contributed by atoms with E-state index in [2.05, 4.69) is 16.3 Å². The lowest BCUT2D eigenvalue weighted by atomic mass is 9.92. The Kier molecular flexibility index (Phi) is 3.87. The number of phenolic OH excluding ortho intramolecular Hbond substituents is 1. The molecule has 4 nitrogen and oxygen atoms in total. The van der Waals surface area contributed by atoms with Gasteiger partial charge in [0.15, 0.2) is 0 Å². The van der Waals surface area contributed by atoms with Crippen LogP contribution in [-0.2, 0) is 0 Å². The van der Waals surface area contributed by atoms with E-state index < -0.39 is 0 Å². The van der Waals surface area contributed by atoms with Crippen LogP contribution in [0.15, 0.2) is 65.3 Å². The molecular weight excluding hydrogens is 298 g/mol. The highest BCUT2D eigenvalue weighted by atomic mass is 16.3. The number of nitrogens with zero attached hydrogens (tertiary/aromatic N) is 2. The Hall–Kier alpha value is -2.88. The Morgan fingerprint density at radius 1 is 1.08 bits per heavy atom. The van der Waals surface area contributed by atoms with Crippen LogP contribution in [-0.4, -0.2) is 21.0 Å². The van der Waals surface area contributed by atoms with Crippen LogP contribution < -0.4 is 0 Å². The van der Waals surface area contributed by atoms with Crippen molar-refractivity contribution in [2.75, 3.05) is 0 Å². The number of benzene rings is 2. The molecule has 1 aliphatic rings. The van der Waals surface area contributed by atoms with E-state index in [0.717, 1.165) is 40.7 Å². The summed E-state index contributed by atoms with van der Waals surface area (Å²) >= 11 is 0. The first-order valence-electron chi connectivity index (χ1n) is 8.30. The maximum atomic E-state index is 9.57. The molecule has 1 aliphatic carbocycles. The highest BCUT2D eigenvalue weighted by Crippen LogP contribution is 2.27. The topological polar surface area (TPSA) is 61.3 Å². The minimum Gasteiger partial charge on any atom is -0.508 e. The summed E-state index contributed by atoms with van der Waals surface area (Å²) in [6.45, 7) is 0. The van der Waals surface area contributed by atoms with Gasteiger partial charge in [-0.05, 0) is 73.7 Å². The van der Waals surface area contributed by atoms with Crippen molar-refractivity contribution in [2.24, 2.45) is 4.99 Å². The maximum Gasteiger partial charge on any atom is 0.115 e. The molecule has 0 amide bonds. The van der Waals surface area contributed by atoms with Crippen molar-refractivity contribution >= 4 is 22.3 Å². The molecule has 0 saturated heterocycles. The van der Waals surface area contributed by atoms with Crippen LogP contribution in [0.2, 0.25) is 0 Å². The zero-order valence-corrected chi connectivity index (χ0v) is 13.4. The third-order valence-corrected chi connectivity index (χ3v) is 4.40. The van der Waals surface area contributed by atoms with Gasteiger partial charge in [0.1, 0.15) is 5.75 Å². The van der Waals surface area contributed by atoms with Gasteiger partial charge in [-0.15, -0.1) is 0 Å². The minimum absolute atomic E-state index is 0.273. The molecule has 0 atom stereocenters. The minimum atomic E-state index is 0.273. The van der Waals surface area contributed by atoms with Crippen LogP contribution in [0.3, 0.4) is 0 Å². The number of aromatic amines is 1. The maximum absolute atomic E-state index is 9.57. The third-order valence-electron chi connectivity index (χ3n) is 4.40. The number of rotatable bonds is 3. The lowest BCUT2D eigenvalue weighted by Gasteiger charge is -2.16. The highest BCUT2D eigenvalue weighted by Gasteiger charge is 2.13. The number of allylic oxidation sites excluding steroid dienone is 2. The molecule has 2 aromatic carbocycles. The van der Waals surface area contributed by atoms with Gasteiger partial charge in [0.25, 0.3) is 0 Å². The van der Waals surface area contributed by atoms with Crippen molar-refractivity contribution < 1.29 is 5.11 Å². The Labute approximate surface area is 140 Å². The normalized spacial score (nSPS) is 15.5. The van der Waals surface area contributed by atoms with Crippen LogP contribution in [0.1, 0.15) is 31.2 Å². The lowest BCUT2D eigenvalue weighted by Crippen LogP contribution is -2.07. The zero-order valence-electron chi connectivity index (χ0n) is 13.4. The van der Waals surface area contributed by atoms with Gasteiger partial charge < -0.3 is 5.11 Å². The fraction of sp³-hybridized carbons (Fsp3) is 0.200. The number of aliphatic imine (C=N–C) groups is 1. The van der Waals surface area contributed by atoms with Crippen molar-refractivity contribution in [2.45, 2.75) is 25.7 Å². The van der Waals surface area contributed by atoms with Gasteiger partial charge in [-0.2, -0.15) is 5.10 Å². The van der Waals surface area contributed by atoms with Gasteiger partial charge in [-0.25, -0.2) is 4.99 Å². The smallest absolute Gasteiger partial charge is 0.115 e. The summed E-state index contributed by atoms with van der Waals surface area (Å²) < 4.78 is 0. The molecule has 0 fully saturated rings. The van der Waals surface area contributed by atoms with E-state index in [1.807, 2.05) is 36.5 Å². The Balaban J connectivity index is 1.81. The molecule has 0 radical (unpaired) electrons. The summed E-state index contributed by atoms with van der Waals surface area (Å²) in [5, 5.41) is 17.7. The van der Waals surface area contributed by atoms with Crippen molar-refractivity contribution in [1.82, 2.24) is 10.2 Å². The fourth-order valence-electron chi connectivity index (χ4n) is 3.12. The lowest BCUT2D eigenvalue weighted by molar-refractivity contribution is 0.475. The van der Waals surface area contributed by atoms with Gasteiger partial charge in [-0.3, -0.25) is 5.10 Å². The number of nitrogens with one attached hydrogen (secondary N) is 1. The molecule has 4 rings (SSSR count). The summed E-state index contributed by atoms with van der Waals surface area (Å²) in [6, 6.07) is 13.4. The summed E-state index contributed by atoms with van der Waals surface area (Å²) in [6.07, 6.45) is 8.70. The number of fused-ring (bicyclic) bond motifs is 1.